The summed E-state index contributed by atoms with van der Waals surface area (Å²) in [5.74, 6) is 4.71. The van der Waals surface area contributed by atoms with E-state index in [4.69, 9.17) is 18.9 Å². The summed E-state index contributed by atoms with van der Waals surface area (Å²) in [5.41, 5.74) is 2.15. The minimum absolute atomic E-state index is 0. The van der Waals surface area contributed by atoms with Crippen LogP contribution < -0.4 is 18.9 Å². The second-order valence-corrected chi connectivity index (χ2v) is 13.9. The quantitative estimate of drug-likeness (QED) is 0.312. The molecule has 2 aromatic carbocycles. The molecule has 0 saturated heterocycles. The van der Waals surface area contributed by atoms with Crippen molar-refractivity contribution in [1.82, 2.24) is 0 Å². The summed E-state index contributed by atoms with van der Waals surface area (Å²) in [7, 11) is 6.45. The summed E-state index contributed by atoms with van der Waals surface area (Å²) >= 11 is 0. The Kier molecular flexibility index (Phi) is 12.6. The second kappa shape index (κ2) is 16.4. The smallest absolute Gasteiger partial charge is 0.160 e. The molecule has 0 spiro atoms. The molecule has 0 amide bonds. The lowest BCUT2D eigenvalue weighted by molar-refractivity contribution is -0.120. The van der Waals surface area contributed by atoms with E-state index in [1.807, 2.05) is 48.6 Å². The van der Waals surface area contributed by atoms with Crippen LogP contribution in [0.5, 0.6) is 23.0 Å². The number of ether oxygens (including phenoxy) is 4. The van der Waals surface area contributed by atoms with Gasteiger partial charge < -0.3 is 34.0 Å². The first-order chi connectivity index (χ1) is 23.2. The summed E-state index contributed by atoms with van der Waals surface area (Å²) < 4.78 is 21.5. The molecule has 264 valence electrons. The molecule has 9 nitrogen and oxygen atoms in total. The Morgan fingerprint density at radius 2 is 0.959 bits per heavy atom. The Bertz CT molecular complexity index is 1450. The maximum absolute atomic E-state index is 11.8. The van der Waals surface area contributed by atoms with E-state index in [0.717, 1.165) is 36.5 Å². The Labute approximate surface area is 289 Å². The molecule has 0 bridgehead atoms. The molecule has 49 heavy (non-hydrogen) atoms. The molecule has 0 aliphatic heterocycles. The molecule has 2 fully saturated rings. The topological polar surface area (TPSA) is 137 Å². The van der Waals surface area contributed by atoms with Gasteiger partial charge in [-0.1, -0.05) is 38.1 Å². The SMILES string of the molecule is COc1ccc([C@@H]2[C@H]3C=CC(=O)C[C@@H]3C[C@H](C)[C@H]2C=O)cc1OC.COc1ccc([C@@H]2[C@H]3C=CC(=O)C[C@@H]3C[C@H](C)[C@H]2C=O)cc1OC.O. The van der Waals surface area contributed by atoms with Gasteiger partial charge >= 0.3 is 0 Å². The lowest BCUT2D eigenvalue weighted by atomic mass is 9.58. The van der Waals surface area contributed by atoms with Crippen molar-refractivity contribution >= 4 is 24.1 Å². The van der Waals surface area contributed by atoms with E-state index in [1.54, 1.807) is 40.6 Å². The van der Waals surface area contributed by atoms with Gasteiger partial charge in [-0.25, -0.2) is 0 Å². The van der Waals surface area contributed by atoms with Gasteiger partial charge in [0.25, 0.3) is 0 Å². The number of ketones is 2. The highest BCUT2D eigenvalue weighted by molar-refractivity contribution is 5.91. The fourth-order valence-corrected chi connectivity index (χ4v) is 8.92. The highest BCUT2D eigenvalue weighted by Gasteiger charge is 2.45. The number of aldehydes is 2. The number of hydrogen-bond donors (Lipinski definition) is 0. The van der Waals surface area contributed by atoms with Crippen LogP contribution in [0.1, 0.15) is 62.5 Å². The van der Waals surface area contributed by atoms with Crippen LogP contribution in [0.2, 0.25) is 0 Å². The zero-order valence-corrected chi connectivity index (χ0v) is 29.3. The Hall–Kier alpha value is -4.24. The third kappa shape index (κ3) is 7.67. The zero-order valence-electron chi connectivity index (χ0n) is 29.3. The number of carbonyl (C=O) groups is 4. The maximum Gasteiger partial charge on any atom is 0.160 e. The van der Waals surface area contributed by atoms with Gasteiger partial charge in [0, 0.05) is 36.5 Å². The van der Waals surface area contributed by atoms with Crippen LogP contribution in [0, 0.1) is 47.3 Å². The fourth-order valence-electron chi connectivity index (χ4n) is 8.92. The number of hydrogen-bond acceptors (Lipinski definition) is 8. The van der Waals surface area contributed by atoms with E-state index in [9.17, 15) is 19.2 Å². The molecular weight excluding hydrogens is 624 g/mol. The molecule has 2 aromatic rings. The van der Waals surface area contributed by atoms with Crippen LogP contribution in [0.15, 0.2) is 60.7 Å². The first-order valence-electron chi connectivity index (χ1n) is 16.9. The number of carbonyl (C=O) groups excluding carboxylic acids is 4. The van der Waals surface area contributed by atoms with E-state index < -0.39 is 0 Å². The van der Waals surface area contributed by atoms with Crippen molar-refractivity contribution in [3.05, 3.63) is 71.8 Å². The molecule has 4 aliphatic rings. The van der Waals surface area contributed by atoms with Gasteiger partial charge in [0.15, 0.2) is 34.6 Å². The predicted molar refractivity (Wildman–Crippen MR) is 186 cm³/mol. The van der Waals surface area contributed by atoms with Crippen molar-refractivity contribution in [2.24, 2.45) is 47.3 Å². The normalized spacial score (nSPS) is 31.5. The lowest BCUT2D eigenvalue weighted by Crippen LogP contribution is -2.40. The fraction of sp³-hybridized carbons (Fsp3) is 0.500. The van der Waals surface area contributed by atoms with Gasteiger partial charge in [-0.3, -0.25) is 9.59 Å². The van der Waals surface area contributed by atoms with Crippen molar-refractivity contribution < 1.29 is 43.6 Å². The van der Waals surface area contributed by atoms with Crippen LogP contribution in [-0.4, -0.2) is 58.1 Å². The Morgan fingerprint density at radius 1 is 0.592 bits per heavy atom. The zero-order chi connectivity index (χ0) is 34.5. The molecule has 2 saturated carbocycles. The molecule has 0 aromatic heterocycles. The van der Waals surface area contributed by atoms with Crippen LogP contribution in [-0.2, 0) is 19.2 Å². The Balaban J connectivity index is 0.000000216. The minimum atomic E-state index is -0.0535. The molecule has 0 radical (unpaired) electrons. The van der Waals surface area contributed by atoms with Crippen LogP contribution in [0.25, 0.3) is 0 Å². The van der Waals surface area contributed by atoms with Crippen molar-refractivity contribution in [2.45, 2.75) is 51.4 Å². The molecule has 0 heterocycles. The van der Waals surface area contributed by atoms with E-state index in [-0.39, 0.29) is 64.4 Å². The molecule has 9 heteroatoms. The van der Waals surface area contributed by atoms with E-state index >= 15 is 0 Å². The summed E-state index contributed by atoms with van der Waals surface area (Å²) in [5, 5.41) is 0. The van der Waals surface area contributed by atoms with Crippen LogP contribution >= 0.6 is 0 Å². The van der Waals surface area contributed by atoms with E-state index in [2.05, 4.69) is 13.8 Å². The minimum Gasteiger partial charge on any atom is -0.493 e. The lowest BCUT2D eigenvalue weighted by Gasteiger charge is -2.45. The molecule has 6 rings (SSSR count). The highest BCUT2D eigenvalue weighted by atomic mass is 16.5. The van der Waals surface area contributed by atoms with E-state index in [1.165, 1.54) is 0 Å². The largest absolute Gasteiger partial charge is 0.493 e. The first kappa shape index (κ1) is 37.6. The van der Waals surface area contributed by atoms with Crippen molar-refractivity contribution in [2.75, 3.05) is 28.4 Å². The monoisotopic (exact) mass is 674 g/mol. The first-order valence-corrected chi connectivity index (χ1v) is 16.9. The number of fused-ring (bicyclic) bond motifs is 2. The molecule has 10 atom stereocenters. The third-order valence-electron chi connectivity index (χ3n) is 11.2. The van der Waals surface area contributed by atoms with Crippen LogP contribution in [0.3, 0.4) is 0 Å². The highest BCUT2D eigenvalue weighted by Crippen LogP contribution is 2.52. The number of rotatable bonds is 8. The average molecular weight is 675 g/mol. The van der Waals surface area contributed by atoms with Crippen molar-refractivity contribution in [3.63, 3.8) is 0 Å². The third-order valence-corrected chi connectivity index (χ3v) is 11.2. The summed E-state index contributed by atoms with van der Waals surface area (Å²) in [6.45, 7) is 4.23. The summed E-state index contributed by atoms with van der Waals surface area (Å²) in [6.07, 6.45) is 12.6. The predicted octanol–water partition coefficient (Wildman–Crippen LogP) is 5.98. The maximum atomic E-state index is 11.8. The van der Waals surface area contributed by atoms with Gasteiger partial charge in [-0.2, -0.15) is 0 Å². The van der Waals surface area contributed by atoms with Gasteiger partial charge in [-0.15, -0.1) is 0 Å². The van der Waals surface area contributed by atoms with Crippen molar-refractivity contribution in [3.8, 4) is 23.0 Å². The molecular formula is C40H50O9. The Morgan fingerprint density at radius 3 is 1.29 bits per heavy atom. The van der Waals surface area contributed by atoms with Gasteiger partial charge in [0.1, 0.15) is 12.6 Å². The van der Waals surface area contributed by atoms with Crippen LogP contribution in [0.4, 0.5) is 0 Å². The molecule has 0 unspecified atom stereocenters. The van der Waals surface area contributed by atoms with Crippen molar-refractivity contribution in [1.29, 1.82) is 0 Å². The van der Waals surface area contributed by atoms with Gasteiger partial charge in [-0.05, 0) is 95.9 Å². The molecule has 2 N–H and O–H groups in total. The second-order valence-electron chi connectivity index (χ2n) is 13.9. The number of benzene rings is 2. The van der Waals surface area contributed by atoms with Gasteiger partial charge in [0.2, 0.25) is 0 Å². The number of methoxy groups -OCH3 is 4. The average Bonchev–Trinajstić information content (AvgIpc) is 3.09. The summed E-state index contributed by atoms with van der Waals surface area (Å²) in [4.78, 5) is 47.3. The molecule has 4 aliphatic carbocycles. The summed E-state index contributed by atoms with van der Waals surface area (Å²) in [6, 6.07) is 11.8. The van der Waals surface area contributed by atoms with E-state index in [0.29, 0.717) is 47.7 Å². The standard InChI is InChI=1S/2C20H24O4.H2O/c2*1-12-8-14-9-15(22)5-6-16(14)20(17(12)11-21)13-4-7-18(23-2)19(10-13)24-3;/h2*4-7,10-12,14,16-17,20H,8-9H2,1-3H3;1H2/t2*12-,14-,16-,17+,20+;/m00./s1. The number of allylic oxidation sites excluding steroid dienone is 4. The van der Waals surface area contributed by atoms with Gasteiger partial charge in [0.05, 0.1) is 28.4 Å².